The number of nitro benzene ring substituents is 1. The average Bonchev–Trinajstić information content (AvgIpc) is 2.40. The summed E-state index contributed by atoms with van der Waals surface area (Å²) < 4.78 is 6.34. The lowest BCUT2D eigenvalue weighted by Gasteiger charge is -2.10. The normalized spacial score (nSPS) is 10.2. The second kappa shape index (κ2) is 6.05. The molecule has 2 rings (SSSR count). The van der Waals surface area contributed by atoms with Crippen molar-refractivity contribution in [2.24, 2.45) is 0 Å². The zero-order chi connectivity index (χ0) is 15.6. The Balaban J connectivity index is 2.28. The summed E-state index contributed by atoms with van der Waals surface area (Å²) in [6, 6.07) is 9.44. The molecule has 0 atom stereocenters. The summed E-state index contributed by atoms with van der Waals surface area (Å²) in [6.07, 6.45) is 0. The van der Waals surface area contributed by atoms with E-state index in [0.717, 1.165) is 0 Å². The summed E-state index contributed by atoms with van der Waals surface area (Å²) in [5.41, 5.74) is 1.26. The third kappa shape index (κ3) is 3.46. The first kappa shape index (κ1) is 15.2. The minimum atomic E-state index is -0.449. The minimum absolute atomic E-state index is 0.0213. The number of ether oxygens (including phenoxy) is 1. The van der Waals surface area contributed by atoms with Crippen molar-refractivity contribution in [3.63, 3.8) is 0 Å². The second-order valence-corrected chi connectivity index (χ2v) is 5.36. The van der Waals surface area contributed by atoms with Gasteiger partial charge in [0.05, 0.1) is 4.92 Å². The lowest BCUT2D eigenvalue weighted by molar-refractivity contribution is -0.384. The van der Waals surface area contributed by atoms with E-state index >= 15 is 0 Å². The van der Waals surface area contributed by atoms with Gasteiger partial charge in [-0.3, -0.25) is 14.9 Å². The van der Waals surface area contributed by atoms with Gasteiger partial charge in [0, 0.05) is 22.2 Å². The molecule has 0 saturated carbocycles. The molecule has 0 aliphatic carbocycles. The largest absolute Gasteiger partial charge is 0.457 e. The number of hydrogen-bond donors (Lipinski definition) is 0. The molecule has 21 heavy (non-hydrogen) atoms. The van der Waals surface area contributed by atoms with Crippen LogP contribution < -0.4 is 4.74 Å². The molecule has 2 aromatic carbocycles. The van der Waals surface area contributed by atoms with Gasteiger partial charge in [-0.2, -0.15) is 0 Å². The van der Waals surface area contributed by atoms with Crippen LogP contribution in [-0.4, -0.2) is 10.7 Å². The Hall–Kier alpha value is -2.21. The lowest BCUT2D eigenvalue weighted by Crippen LogP contribution is -1.95. The Morgan fingerprint density at radius 2 is 1.95 bits per heavy atom. The lowest BCUT2D eigenvalue weighted by atomic mass is 10.1. The van der Waals surface area contributed by atoms with Crippen LogP contribution in [0.4, 0.5) is 5.69 Å². The van der Waals surface area contributed by atoms with Crippen LogP contribution >= 0.6 is 15.9 Å². The number of carbonyl (C=O) groups excluding carboxylic acids is 1. The molecule has 0 amide bonds. The topological polar surface area (TPSA) is 69.4 Å². The highest BCUT2D eigenvalue weighted by atomic mass is 79.9. The Bertz CT molecular complexity index is 728. The first-order chi connectivity index (χ1) is 9.88. The maximum atomic E-state index is 11.4. The summed E-state index contributed by atoms with van der Waals surface area (Å²) in [7, 11) is 0. The van der Waals surface area contributed by atoms with E-state index < -0.39 is 4.92 Å². The van der Waals surface area contributed by atoms with E-state index in [2.05, 4.69) is 15.9 Å². The average molecular weight is 350 g/mol. The fraction of sp³-hybridized carbons (Fsp3) is 0.133. The van der Waals surface area contributed by atoms with E-state index in [-0.39, 0.29) is 11.5 Å². The third-order valence-corrected chi connectivity index (χ3v) is 3.57. The molecule has 0 aromatic heterocycles. The van der Waals surface area contributed by atoms with Crippen LogP contribution in [0.2, 0.25) is 0 Å². The van der Waals surface area contributed by atoms with Crippen LogP contribution in [0.1, 0.15) is 22.8 Å². The van der Waals surface area contributed by atoms with Crippen molar-refractivity contribution in [2.75, 3.05) is 0 Å². The second-order valence-electron chi connectivity index (χ2n) is 4.51. The Morgan fingerprint density at radius 1 is 1.24 bits per heavy atom. The van der Waals surface area contributed by atoms with Crippen molar-refractivity contribution in [1.29, 1.82) is 0 Å². The molecule has 0 bridgehead atoms. The van der Waals surface area contributed by atoms with Crippen LogP contribution in [0.3, 0.4) is 0 Å². The summed E-state index contributed by atoms with van der Waals surface area (Å²) >= 11 is 3.32. The van der Waals surface area contributed by atoms with Crippen molar-refractivity contribution < 1.29 is 14.5 Å². The number of ketones is 1. The number of nitro groups is 1. The predicted molar refractivity (Wildman–Crippen MR) is 82.1 cm³/mol. The predicted octanol–water partition coefficient (Wildman–Crippen LogP) is 4.66. The molecule has 6 heteroatoms. The van der Waals surface area contributed by atoms with Crippen molar-refractivity contribution in [3.8, 4) is 11.5 Å². The molecule has 0 aliphatic heterocycles. The monoisotopic (exact) mass is 349 g/mol. The van der Waals surface area contributed by atoms with Crippen LogP contribution in [0.15, 0.2) is 40.9 Å². The van der Waals surface area contributed by atoms with Crippen LogP contribution in [0.25, 0.3) is 0 Å². The first-order valence-electron chi connectivity index (χ1n) is 6.12. The summed E-state index contributed by atoms with van der Waals surface area (Å²) in [5.74, 6) is 1.03. The zero-order valence-corrected chi connectivity index (χ0v) is 13.0. The number of aryl methyl sites for hydroxylation is 1. The van der Waals surface area contributed by atoms with E-state index in [4.69, 9.17) is 4.74 Å². The maximum absolute atomic E-state index is 11.4. The maximum Gasteiger partial charge on any atom is 0.269 e. The molecular formula is C15H12BrNO4. The summed E-state index contributed by atoms with van der Waals surface area (Å²) in [4.78, 5) is 21.6. The fourth-order valence-electron chi connectivity index (χ4n) is 1.83. The molecule has 0 N–H and O–H groups in total. The van der Waals surface area contributed by atoms with Gasteiger partial charge in [-0.05, 0) is 59.6 Å². The molecule has 0 unspecified atom stereocenters. The number of halogens is 1. The van der Waals surface area contributed by atoms with Crippen LogP contribution in [0, 0.1) is 17.0 Å². The molecule has 2 aromatic rings. The van der Waals surface area contributed by atoms with Gasteiger partial charge in [-0.25, -0.2) is 0 Å². The smallest absolute Gasteiger partial charge is 0.269 e. The summed E-state index contributed by atoms with van der Waals surface area (Å²) in [5, 5.41) is 10.7. The SMILES string of the molecule is CC(=O)c1ccc(Oc2ccc([N+](=O)[O-])cc2C)cc1Br. The molecule has 0 radical (unpaired) electrons. The number of non-ortho nitro benzene ring substituents is 1. The van der Waals surface area contributed by atoms with Crippen LogP contribution in [-0.2, 0) is 0 Å². The van der Waals surface area contributed by atoms with Gasteiger partial charge in [-0.1, -0.05) is 0 Å². The number of benzene rings is 2. The fourth-order valence-corrected chi connectivity index (χ4v) is 2.47. The van der Waals surface area contributed by atoms with Crippen molar-refractivity contribution in [2.45, 2.75) is 13.8 Å². The molecule has 0 heterocycles. The Morgan fingerprint density at radius 3 is 2.48 bits per heavy atom. The molecule has 0 spiro atoms. The van der Waals surface area contributed by atoms with Gasteiger partial charge in [-0.15, -0.1) is 0 Å². The van der Waals surface area contributed by atoms with E-state index in [1.54, 1.807) is 31.2 Å². The number of rotatable bonds is 4. The highest BCUT2D eigenvalue weighted by Crippen LogP contribution is 2.30. The highest BCUT2D eigenvalue weighted by Gasteiger charge is 2.11. The summed E-state index contributed by atoms with van der Waals surface area (Å²) in [6.45, 7) is 3.22. The van der Waals surface area contributed by atoms with Gasteiger partial charge in [0.25, 0.3) is 5.69 Å². The van der Waals surface area contributed by atoms with E-state index in [1.807, 2.05) is 0 Å². The molecule has 5 nitrogen and oxygen atoms in total. The van der Waals surface area contributed by atoms with E-state index in [1.165, 1.54) is 19.1 Å². The van der Waals surface area contributed by atoms with Crippen LogP contribution in [0.5, 0.6) is 11.5 Å². The standard InChI is InChI=1S/C15H12BrNO4/c1-9-7-11(17(19)20)3-6-15(9)21-12-4-5-13(10(2)18)14(16)8-12/h3-8H,1-2H3. The van der Waals surface area contributed by atoms with Gasteiger partial charge in [0.15, 0.2) is 5.78 Å². The minimum Gasteiger partial charge on any atom is -0.457 e. The third-order valence-electron chi connectivity index (χ3n) is 2.92. The number of Topliss-reactive ketones (excluding diaryl/α,β-unsaturated/α-hetero) is 1. The molecular weight excluding hydrogens is 338 g/mol. The number of carbonyl (C=O) groups is 1. The van der Waals surface area contributed by atoms with Gasteiger partial charge in [0.1, 0.15) is 11.5 Å². The van der Waals surface area contributed by atoms with E-state index in [9.17, 15) is 14.9 Å². The Kier molecular flexibility index (Phi) is 4.37. The van der Waals surface area contributed by atoms with Crippen molar-refractivity contribution in [1.82, 2.24) is 0 Å². The number of nitrogens with zero attached hydrogens (tertiary/aromatic N) is 1. The molecule has 108 valence electrons. The molecule has 0 fully saturated rings. The highest BCUT2D eigenvalue weighted by molar-refractivity contribution is 9.10. The molecule has 0 aliphatic rings. The quantitative estimate of drug-likeness (QED) is 0.457. The van der Waals surface area contributed by atoms with Gasteiger partial charge >= 0.3 is 0 Å². The van der Waals surface area contributed by atoms with Gasteiger partial charge in [0.2, 0.25) is 0 Å². The van der Waals surface area contributed by atoms with Crippen molar-refractivity contribution >= 4 is 27.4 Å². The van der Waals surface area contributed by atoms with Gasteiger partial charge < -0.3 is 4.74 Å². The van der Waals surface area contributed by atoms with Crippen molar-refractivity contribution in [3.05, 3.63) is 62.1 Å². The Labute approximate surface area is 129 Å². The van der Waals surface area contributed by atoms with E-state index in [0.29, 0.717) is 27.1 Å². The first-order valence-corrected chi connectivity index (χ1v) is 6.91. The zero-order valence-electron chi connectivity index (χ0n) is 11.4. The number of hydrogen-bond acceptors (Lipinski definition) is 4. The molecule has 0 saturated heterocycles.